The quantitative estimate of drug-likeness (QED) is 0.237. The van der Waals surface area contributed by atoms with Crippen molar-refractivity contribution in [3.8, 4) is 5.75 Å². The molecule has 4 heteroatoms. The third kappa shape index (κ3) is 9.84. The number of aryl methyl sites for hydroxylation is 1. The molecule has 1 atom stereocenters. The summed E-state index contributed by atoms with van der Waals surface area (Å²) >= 11 is 0. The van der Waals surface area contributed by atoms with Crippen molar-refractivity contribution in [3.05, 3.63) is 157 Å². The molecule has 0 bridgehead atoms. The van der Waals surface area contributed by atoms with Gasteiger partial charge in [0.15, 0.2) is 0 Å². The summed E-state index contributed by atoms with van der Waals surface area (Å²) in [6, 6.07) is 5.98. The van der Waals surface area contributed by atoms with Gasteiger partial charge in [0.05, 0.1) is 11.7 Å². The largest absolute Gasteiger partial charge is 0.488 e. The highest BCUT2D eigenvalue weighted by Gasteiger charge is 2.19. The molecular weight excluding hydrogens is 504 g/mol. The monoisotopic (exact) mass is 548 g/mol. The molecule has 0 aliphatic heterocycles. The fraction of sp³-hybridized carbons (Fsp3) is 0.216. The molecule has 0 heterocycles. The Morgan fingerprint density at radius 1 is 1.10 bits per heavy atom. The number of allylic oxidation sites excluding steroid dienone is 12. The minimum absolute atomic E-state index is 0.122. The molecule has 1 amide bonds. The van der Waals surface area contributed by atoms with E-state index in [1.54, 1.807) is 12.2 Å². The molecule has 1 N–H and O–H groups in total. The Hall–Kier alpha value is -4.57. The van der Waals surface area contributed by atoms with E-state index in [2.05, 4.69) is 49.0 Å². The third-order valence-corrected chi connectivity index (χ3v) is 6.51. The van der Waals surface area contributed by atoms with Crippen LogP contribution in [0.5, 0.6) is 5.75 Å². The highest BCUT2D eigenvalue weighted by Crippen LogP contribution is 2.33. The minimum atomic E-state index is -0.198. The third-order valence-electron chi connectivity index (χ3n) is 6.51. The van der Waals surface area contributed by atoms with Gasteiger partial charge in [-0.25, -0.2) is 0 Å². The van der Waals surface area contributed by atoms with Crippen LogP contribution in [0.25, 0.3) is 5.70 Å². The Kier molecular flexibility index (Phi) is 13.7. The molecule has 0 saturated carbocycles. The normalized spacial score (nSPS) is 15.2. The number of amides is 1. The van der Waals surface area contributed by atoms with Gasteiger partial charge in [0.2, 0.25) is 5.91 Å². The highest BCUT2D eigenvalue weighted by atomic mass is 16.5. The van der Waals surface area contributed by atoms with E-state index in [1.165, 1.54) is 0 Å². The van der Waals surface area contributed by atoms with E-state index >= 15 is 0 Å². The lowest BCUT2D eigenvalue weighted by Crippen LogP contribution is -2.34. The van der Waals surface area contributed by atoms with Gasteiger partial charge < -0.3 is 15.0 Å². The Morgan fingerprint density at radius 2 is 1.83 bits per heavy atom. The zero-order chi connectivity index (χ0) is 30.2. The average Bonchev–Trinajstić information content (AvgIpc) is 3.23. The summed E-state index contributed by atoms with van der Waals surface area (Å²) in [6.07, 6.45) is 27.6. The summed E-state index contributed by atoms with van der Waals surface area (Å²) in [5.41, 5.74) is 6.43. The molecule has 4 nitrogen and oxygen atoms in total. The van der Waals surface area contributed by atoms with E-state index in [9.17, 15) is 4.79 Å². The maximum atomic E-state index is 13.3. The van der Waals surface area contributed by atoms with Crippen molar-refractivity contribution >= 4 is 11.6 Å². The smallest absolute Gasteiger partial charge is 0.248 e. The van der Waals surface area contributed by atoms with Crippen molar-refractivity contribution in [2.45, 2.75) is 40.2 Å². The highest BCUT2D eigenvalue weighted by molar-refractivity contribution is 5.95. The topological polar surface area (TPSA) is 41.6 Å². The van der Waals surface area contributed by atoms with E-state index in [0.29, 0.717) is 18.6 Å². The number of nitrogens with one attached hydrogen (secondary N) is 1. The molecule has 1 aliphatic carbocycles. The van der Waals surface area contributed by atoms with Crippen LogP contribution in [-0.2, 0) is 4.79 Å². The fourth-order valence-corrected chi connectivity index (χ4v) is 4.15. The van der Waals surface area contributed by atoms with Gasteiger partial charge in [-0.2, -0.15) is 0 Å². The number of benzene rings is 1. The zero-order valence-corrected chi connectivity index (χ0v) is 25.2. The lowest BCUT2D eigenvalue weighted by molar-refractivity contribution is -0.117. The first kappa shape index (κ1) is 32.6. The lowest BCUT2D eigenvalue weighted by Gasteiger charge is -2.26. The fourth-order valence-electron chi connectivity index (χ4n) is 4.15. The van der Waals surface area contributed by atoms with E-state index in [4.69, 9.17) is 4.74 Å². The van der Waals surface area contributed by atoms with Gasteiger partial charge in [-0.3, -0.25) is 4.79 Å². The molecule has 0 unspecified atom stereocenters. The number of carbonyl (C=O) groups excluding carboxylic acids is 1. The molecular formula is C37H44N2O2. The van der Waals surface area contributed by atoms with Crippen LogP contribution in [-0.4, -0.2) is 30.5 Å². The summed E-state index contributed by atoms with van der Waals surface area (Å²) in [5, 5.41) is 3.09. The van der Waals surface area contributed by atoms with Crippen LogP contribution < -0.4 is 10.1 Å². The second-order valence-corrected chi connectivity index (χ2v) is 9.59. The molecule has 214 valence electrons. The molecule has 0 spiro atoms. The zero-order valence-electron chi connectivity index (χ0n) is 25.2. The molecule has 1 aromatic carbocycles. The Bertz CT molecular complexity index is 1360. The molecule has 1 aliphatic rings. The Labute approximate surface area is 247 Å². The van der Waals surface area contributed by atoms with Gasteiger partial charge >= 0.3 is 0 Å². The second kappa shape index (κ2) is 17.2. The molecule has 1 aromatic rings. The van der Waals surface area contributed by atoms with Crippen LogP contribution in [0, 0.1) is 6.92 Å². The van der Waals surface area contributed by atoms with Crippen LogP contribution >= 0.6 is 0 Å². The number of nitrogens with zero attached hydrogens (tertiary/aromatic N) is 1. The lowest BCUT2D eigenvalue weighted by atomic mass is 10.0. The van der Waals surface area contributed by atoms with Crippen molar-refractivity contribution in [2.24, 2.45) is 0 Å². The van der Waals surface area contributed by atoms with Crippen LogP contribution in [0.1, 0.15) is 38.3 Å². The van der Waals surface area contributed by atoms with Crippen LogP contribution in [0.15, 0.2) is 145 Å². The summed E-state index contributed by atoms with van der Waals surface area (Å²) in [6.45, 7) is 19.9. The van der Waals surface area contributed by atoms with E-state index in [-0.39, 0.29) is 11.9 Å². The van der Waals surface area contributed by atoms with Crippen molar-refractivity contribution in [3.63, 3.8) is 0 Å². The van der Waals surface area contributed by atoms with Crippen molar-refractivity contribution in [1.29, 1.82) is 0 Å². The molecule has 41 heavy (non-hydrogen) atoms. The number of ether oxygens (including phenoxy) is 1. The summed E-state index contributed by atoms with van der Waals surface area (Å²) in [4.78, 5) is 15.4. The molecule has 0 radical (unpaired) electrons. The molecule has 0 saturated heterocycles. The van der Waals surface area contributed by atoms with Gasteiger partial charge in [0.1, 0.15) is 12.4 Å². The Balaban J connectivity index is 2.48. The number of hydrogen-bond donors (Lipinski definition) is 1. The average molecular weight is 549 g/mol. The molecule has 2 rings (SSSR count). The standard InChI is InChI=1S/C37H44N2O2/c1-9-14-19-30(12-4)27-41-36-24-23-28(6)25-34(36)35(22-15-10-2)39(8)33-21-17-16-20-32(26-33)37(40)38-29(7)31(13-5)18-11-3/h9-19,21-26,29H,3-5,20,27H2,1-2,6-8H3,(H,38,40)/b14-9-,15-10+,30-19+,31-18+,35-22-/t29-/m1/s1. The summed E-state index contributed by atoms with van der Waals surface area (Å²) in [7, 11) is 2.00. The van der Waals surface area contributed by atoms with E-state index in [0.717, 1.165) is 39.4 Å². The first-order chi connectivity index (χ1) is 19.8. The number of rotatable bonds is 14. The van der Waals surface area contributed by atoms with Crippen molar-refractivity contribution in [2.75, 3.05) is 13.7 Å². The minimum Gasteiger partial charge on any atom is -0.488 e. The SMILES string of the molecule is C=C/C=C(\C=C)[C@@H](C)NC(=O)C1=CC(N(C)/C(=C\C=C\C)c2cc(C)ccc2OC/C(C=C)=C/C=C\C)=CC=CC1. The first-order valence-electron chi connectivity index (χ1n) is 13.9. The van der Waals surface area contributed by atoms with Crippen LogP contribution in [0.4, 0.5) is 0 Å². The maximum absolute atomic E-state index is 13.3. The van der Waals surface area contributed by atoms with Gasteiger partial charge in [0.25, 0.3) is 0 Å². The molecule has 0 aromatic heterocycles. The number of likely N-dealkylation sites (N-methyl/N-ethyl adjacent to an activating group) is 1. The first-order valence-corrected chi connectivity index (χ1v) is 13.9. The summed E-state index contributed by atoms with van der Waals surface area (Å²) in [5.74, 6) is 0.640. The number of carbonyl (C=O) groups is 1. The van der Waals surface area contributed by atoms with Crippen LogP contribution in [0.2, 0.25) is 0 Å². The second-order valence-electron chi connectivity index (χ2n) is 9.59. The van der Waals surface area contributed by atoms with E-state index < -0.39 is 0 Å². The predicted molar refractivity (Wildman–Crippen MR) is 176 cm³/mol. The van der Waals surface area contributed by atoms with Gasteiger partial charge in [-0.15, -0.1) is 0 Å². The molecule has 0 fully saturated rings. The maximum Gasteiger partial charge on any atom is 0.248 e. The Morgan fingerprint density at radius 3 is 2.49 bits per heavy atom. The van der Waals surface area contributed by atoms with Crippen molar-refractivity contribution in [1.82, 2.24) is 10.2 Å². The van der Waals surface area contributed by atoms with Gasteiger partial charge in [0, 0.05) is 23.9 Å². The van der Waals surface area contributed by atoms with Gasteiger partial charge in [-0.1, -0.05) is 98.2 Å². The van der Waals surface area contributed by atoms with Crippen LogP contribution in [0.3, 0.4) is 0 Å². The predicted octanol–water partition coefficient (Wildman–Crippen LogP) is 8.48. The van der Waals surface area contributed by atoms with E-state index in [1.807, 2.05) is 107 Å². The van der Waals surface area contributed by atoms with Gasteiger partial charge in [-0.05, 0) is 75.6 Å². The number of hydrogen-bond acceptors (Lipinski definition) is 3. The summed E-state index contributed by atoms with van der Waals surface area (Å²) < 4.78 is 6.32. The van der Waals surface area contributed by atoms with Crippen molar-refractivity contribution < 1.29 is 9.53 Å².